The summed E-state index contributed by atoms with van der Waals surface area (Å²) >= 11 is 0. The zero-order valence-corrected chi connectivity index (χ0v) is 15.0. The molecule has 0 aliphatic heterocycles. The number of nitrogens with zero attached hydrogens (tertiary/aromatic N) is 3. The molecule has 6 nitrogen and oxygen atoms in total. The maximum atomic E-state index is 14.1. The van der Waals surface area contributed by atoms with Gasteiger partial charge in [0.1, 0.15) is 5.82 Å². The van der Waals surface area contributed by atoms with Crippen molar-refractivity contribution >= 4 is 22.5 Å². The van der Waals surface area contributed by atoms with Crippen molar-refractivity contribution in [2.24, 2.45) is 5.73 Å². The molecular weight excluding hydrogens is 357 g/mol. The third kappa shape index (κ3) is 2.83. The van der Waals surface area contributed by atoms with Crippen LogP contribution >= 0.6 is 0 Å². The van der Waals surface area contributed by atoms with Crippen molar-refractivity contribution in [2.75, 3.05) is 5.73 Å². The summed E-state index contributed by atoms with van der Waals surface area (Å²) in [5, 5.41) is 0.624. The Morgan fingerprint density at radius 3 is 2.54 bits per heavy atom. The molecule has 0 aliphatic rings. The van der Waals surface area contributed by atoms with Crippen LogP contribution in [0, 0.1) is 12.7 Å². The average Bonchev–Trinajstić information content (AvgIpc) is 2.68. The molecule has 0 saturated carbocycles. The molecule has 28 heavy (non-hydrogen) atoms. The predicted octanol–water partition coefficient (Wildman–Crippen LogP) is 3.49. The molecule has 0 unspecified atom stereocenters. The topological polar surface area (TPSA) is 108 Å². The zero-order chi connectivity index (χ0) is 19.8. The number of hydrogen-bond donors (Lipinski definition) is 2. The van der Waals surface area contributed by atoms with Gasteiger partial charge in [0.2, 0.25) is 0 Å². The molecule has 2 aromatic heterocycles. The highest BCUT2D eigenvalue weighted by Gasteiger charge is 2.18. The van der Waals surface area contributed by atoms with E-state index in [1.165, 1.54) is 6.07 Å². The van der Waals surface area contributed by atoms with Crippen molar-refractivity contribution in [2.45, 2.75) is 6.92 Å². The number of aromatic nitrogens is 3. The molecule has 0 fully saturated rings. The number of nitrogen functional groups attached to an aromatic ring is 1. The van der Waals surface area contributed by atoms with Gasteiger partial charge in [-0.1, -0.05) is 12.1 Å². The van der Waals surface area contributed by atoms with Crippen LogP contribution in [-0.2, 0) is 0 Å². The van der Waals surface area contributed by atoms with E-state index in [-0.39, 0.29) is 11.4 Å². The number of anilines is 1. The highest BCUT2D eigenvalue weighted by atomic mass is 19.1. The van der Waals surface area contributed by atoms with Crippen LogP contribution in [0.15, 0.2) is 54.7 Å². The first-order valence-corrected chi connectivity index (χ1v) is 8.54. The van der Waals surface area contributed by atoms with Gasteiger partial charge in [-0.15, -0.1) is 0 Å². The van der Waals surface area contributed by atoms with Crippen LogP contribution in [0.2, 0.25) is 0 Å². The van der Waals surface area contributed by atoms with Crippen molar-refractivity contribution in [1.82, 2.24) is 15.0 Å². The van der Waals surface area contributed by atoms with Crippen LogP contribution < -0.4 is 11.5 Å². The fourth-order valence-electron chi connectivity index (χ4n) is 3.22. The number of amides is 1. The molecule has 0 radical (unpaired) electrons. The summed E-state index contributed by atoms with van der Waals surface area (Å²) in [7, 11) is 0. The maximum Gasteiger partial charge on any atom is 0.250 e. The molecular formula is C21H16FN5O. The summed E-state index contributed by atoms with van der Waals surface area (Å²) in [5.74, 6) is -0.707. The van der Waals surface area contributed by atoms with Gasteiger partial charge in [-0.25, -0.2) is 14.4 Å². The minimum absolute atomic E-state index is 0.273. The standard InChI is InChI=1S/C21H16FN5O/c1-11-17-16(27-21(26-11)12-5-2-3-7-15(12)22)9-8-13(18(17)23)19-14(20(24)28)6-4-10-25-19/h2-10H,23H2,1H3,(H2,24,28). The number of carbonyl (C=O) groups is 1. The monoisotopic (exact) mass is 373 g/mol. The van der Waals surface area contributed by atoms with Crippen LogP contribution in [0.3, 0.4) is 0 Å². The fourth-order valence-corrected chi connectivity index (χ4v) is 3.22. The summed E-state index contributed by atoms with van der Waals surface area (Å²) < 4.78 is 14.1. The van der Waals surface area contributed by atoms with Gasteiger partial charge in [-0.3, -0.25) is 9.78 Å². The minimum atomic E-state index is -0.592. The van der Waals surface area contributed by atoms with Crippen LogP contribution in [0.25, 0.3) is 33.5 Å². The number of hydrogen-bond acceptors (Lipinski definition) is 5. The largest absolute Gasteiger partial charge is 0.398 e. The van der Waals surface area contributed by atoms with Gasteiger partial charge in [-0.2, -0.15) is 0 Å². The summed E-state index contributed by atoms with van der Waals surface area (Å²) in [6, 6.07) is 13.0. The number of aryl methyl sites for hydroxylation is 1. The van der Waals surface area contributed by atoms with Crippen LogP contribution in [-0.4, -0.2) is 20.9 Å². The Kier molecular flexibility index (Phi) is 4.19. The molecule has 4 N–H and O–H groups in total. The third-order valence-electron chi connectivity index (χ3n) is 4.53. The number of carbonyl (C=O) groups excluding carboxylic acids is 1. The Hall–Kier alpha value is -3.87. The minimum Gasteiger partial charge on any atom is -0.398 e. The second-order valence-electron chi connectivity index (χ2n) is 6.30. The highest BCUT2D eigenvalue weighted by Crippen LogP contribution is 2.34. The van der Waals surface area contributed by atoms with E-state index < -0.39 is 11.7 Å². The lowest BCUT2D eigenvalue weighted by Gasteiger charge is -2.13. The predicted molar refractivity (Wildman–Crippen MR) is 106 cm³/mol. The Morgan fingerprint density at radius 2 is 1.79 bits per heavy atom. The van der Waals surface area contributed by atoms with Gasteiger partial charge >= 0.3 is 0 Å². The van der Waals surface area contributed by atoms with Crippen LogP contribution in [0.1, 0.15) is 16.1 Å². The van der Waals surface area contributed by atoms with Crippen molar-refractivity contribution in [3.05, 3.63) is 71.8 Å². The van der Waals surface area contributed by atoms with Gasteiger partial charge in [-0.05, 0) is 43.3 Å². The Balaban J connectivity index is 1.95. The van der Waals surface area contributed by atoms with Gasteiger partial charge in [0.05, 0.1) is 33.7 Å². The molecule has 2 heterocycles. The van der Waals surface area contributed by atoms with Crippen molar-refractivity contribution in [1.29, 1.82) is 0 Å². The number of benzene rings is 2. The van der Waals surface area contributed by atoms with Crippen LogP contribution in [0.4, 0.5) is 10.1 Å². The quantitative estimate of drug-likeness (QED) is 0.535. The Bertz CT molecular complexity index is 1240. The number of primary amides is 1. The van der Waals surface area contributed by atoms with Gasteiger partial charge in [0.25, 0.3) is 5.91 Å². The van der Waals surface area contributed by atoms with Crippen molar-refractivity contribution in [3.63, 3.8) is 0 Å². The molecule has 4 aromatic rings. The SMILES string of the molecule is Cc1nc(-c2ccccc2F)nc2ccc(-c3ncccc3C(N)=O)c(N)c12. The molecule has 138 valence electrons. The van der Waals surface area contributed by atoms with E-state index in [4.69, 9.17) is 11.5 Å². The van der Waals surface area contributed by atoms with Crippen molar-refractivity contribution in [3.8, 4) is 22.6 Å². The van der Waals surface area contributed by atoms with E-state index >= 15 is 0 Å². The number of pyridine rings is 1. The lowest BCUT2D eigenvalue weighted by Crippen LogP contribution is -2.13. The first-order valence-electron chi connectivity index (χ1n) is 8.54. The van der Waals surface area contributed by atoms with E-state index in [1.54, 1.807) is 55.6 Å². The molecule has 0 aliphatic carbocycles. The van der Waals surface area contributed by atoms with Gasteiger partial charge in [0.15, 0.2) is 5.82 Å². The molecule has 0 atom stereocenters. The second kappa shape index (κ2) is 6.70. The maximum absolute atomic E-state index is 14.1. The number of halogens is 1. The van der Waals surface area contributed by atoms with E-state index in [9.17, 15) is 9.18 Å². The molecule has 2 aromatic carbocycles. The van der Waals surface area contributed by atoms with Gasteiger partial charge < -0.3 is 11.5 Å². The fraction of sp³-hybridized carbons (Fsp3) is 0.0476. The summed E-state index contributed by atoms with van der Waals surface area (Å²) in [5.41, 5.74) is 15.0. The number of nitrogens with two attached hydrogens (primary N) is 2. The lowest BCUT2D eigenvalue weighted by molar-refractivity contribution is 0.100. The molecule has 0 spiro atoms. The highest BCUT2D eigenvalue weighted by molar-refractivity contribution is 6.05. The summed E-state index contributed by atoms with van der Waals surface area (Å²) in [6.45, 7) is 1.78. The number of fused-ring (bicyclic) bond motifs is 1. The Labute approximate surface area is 160 Å². The van der Waals surface area contributed by atoms with Gasteiger partial charge in [0, 0.05) is 17.1 Å². The average molecular weight is 373 g/mol. The molecule has 1 amide bonds. The smallest absolute Gasteiger partial charge is 0.250 e. The second-order valence-corrected chi connectivity index (χ2v) is 6.30. The van der Waals surface area contributed by atoms with E-state index in [1.807, 2.05) is 0 Å². The van der Waals surface area contributed by atoms with Crippen LogP contribution in [0.5, 0.6) is 0 Å². The Morgan fingerprint density at radius 1 is 1.00 bits per heavy atom. The lowest BCUT2D eigenvalue weighted by atomic mass is 10.00. The molecule has 7 heteroatoms. The van der Waals surface area contributed by atoms with E-state index in [2.05, 4.69) is 15.0 Å². The molecule has 4 rings (SSSR count). The third-order valence-corrected chi connectivity index (χ3v) is 4.53. The summed E-state index contributed by atoms with van der Waals surface area (Å²) in [6.07, 6.45) is 1.57. The normalized spacial score (nSPS) is 10.9. The molecule has 0 bridgehead atoms. The van der Waals surface area contributed by atoms with E-state index in [0.717, 1.165) is 0 Å². The van der Waals surface area contributed by atoms with Crippen molar-refractivity contribution < 1.29 is 9.18 Å². The molecule has 0 saturated heterocycles. The number of rotatable bonds is 3. The first kappa shape index (κ1) is 17.5. The summed E-state index contributed by atoms with van der Waals surface area (Å²) in [4.78, 5) is 24.9. The van der Waals surface area contributed by atoms with E-state index in [0.29, 0.717) is 39.1 Å². The zero-order valence-electron chi connectivity index (χ0n) is 15.0. The first-order chi connectivity index (χ1) is 13.5.